The fourth-order valence-electron chi connectivity index (χ4n) is 2.34. The van der Waals surface area contributed by atoms with Crippen molar-refractivity contribution in [3.8, 4) is 0 Å². The molecule has 0 aromatic heterocycles. The molecule has 0 bridgehead atoms. The molecular formula is C7H10NO4+. The Morgan fingerprint density at radius 2 is 2.00 bits per heavy atom. The van der Waals surface area contributed by atoms with Crippen LogP contribution in [0.3, 0.4) is 0 Å². The lowest BCUT2D eigenvalue weighted by molar-refractivity contribution is -0.735. The zero-order valence-corrected chi connectivity index (χ0v) is 6.49. The summed E-state index contributed by atoms with van der Waals surface area (Å²) in [6, 6.07) is 0. The topological polar surface area (TPSA) is 74.6 Å². The van der Waals surface area contributed by atoms with Gasteiger partial charge in [-0.25, -0.2) is 4.79 Å². The normalized spacial score (nSPS) is 43.7. The van der Waals surface area contributed by atoms with Gasteiger partial charge in [0, 0.05) is 12.8 Å². The van der Waals surface area contributed by atoms with Gasteiger partial charge in [0.05, 0.1) is 6.54 Å². The van der Waals surface area contributed by atoms with Gasteiger partial charge in [0.1, 0.15) is 0 Å². The summed E-state index contributed by atoms with van der Waals surface area (Å²) in [4.78, 5) is 21.6. The summed E-state index contributed by atoms with van der Waals surface area (Å²) in [5.74, 6) is -0.956. The second-order valence-electron chi connectivity index (χ2n) is 3.57. The first-order chi connectivity index (χ1) is 5.55. The first-order valence-corrected chi connectivity index (χ1v) is 3.89. The number of piperidine rings is 1. The van der Waals surface area contributed by atoms with E-state index in [0.717, 1.165) is 0 Å². The van der Waals surface area contributed by atoms with E-state index in [1.807, 2.05) is 0 Å². The van der Waals surface area contributed by atoms with Crippen LogP contribution in [0.5, 0.6) is 0 Å². The lowest BCUT2D eigenvalue weighted by Crippen LogP contribution is -2.40. The van der Waals surface area contributed by atoms with Gasteiger partial charge in [0.15, 0.2) is 6.54 Å². The second kappa shape index (κ2) is 1.80. The monoisotopic (exact) mass is 172 g/mol. The summed E-state index contributed by atoms with van der Waals surface area (Å²) >= 11 is 0. The number of carboxylic acids is 1. The molecule has 0 aliphatic carbocycles. The molecule has 12 heavy (non-hydrogen) atoms. The van der Waals surface area contributed by atoms with Crippen LogP contribution in [0.15, 0.2) is 0 Å². The van der Waals surface area contributed by atoms with Crippen LogP contribution in [-0.4, -0.2) is 45.4 Å². The molecule has 2 unspecified atom stereocenters. The van der Waals surface area contributed by atoms with E-state index < -0.39 is 17.6 Å². The standard InChI is InChI=1S/C7H9NO4/c9-5(10)7-2-1-3-8(7,4-7)6(11)12/h1-4H2,(H-,9,10,11,12)/p+1. The molecule has 0 aromatic rings. The van der Waals surface area contributed by atoms with Crippen LogP contribution < -0.4 is 0 Å². The van der Waals surface area contributed by atoms with Crippen molar-refractivity contribution in [2.75, 3.05) is 13.1 Å². The molecule has 1 amide bonds. The Labute approximate surface area is 68.8 Å². The maximum atomic E-state index is 10.8. The van der Waals surface area contributed by atoms with Crippen molar-refractivity contribution < 1.29 is 24.3 Å². The molecule has 0 aromatic carbocycles. The Morgan fingerprint density at radius 1 is 1.33 bits per heavy atom. The zero-order chi connectivity index (χ0) is 8.98. The van der Waals surface area contributed by atoms with Crippen molar-refractivity contribution in [1.29, 1.82) is 0 Å². The van der Waals surface area contributed by atoms with Crippen LogP contribution in [0, 0.1) is 0 Å². The summed E-state index contributed by atoms with van der Waals surface area (Å²) in [6.07, 6.45) is 0.225. The first kappa shape index (κ1) is 7.54. The summed E-state index contributed by atoms with van der Waals surface area (Å²) in [5, 5.41) is 17.7. The molecule has 5 nitrogen and oxygen atoms in total. The minimum Gasteiger partial charge on any atom is -0.476 e. The van der Waals surface area contributed by atoms with Gasteiger partial charge in [-0.15, -0.1) is 0 Å². The molecule has 2 aliphatic rings. The highest BCUT2D eigenvalue weighted by molar-refractivity contribution is 5.84. The maximum Gasteiger partial charge on any atom is 0.514 e. The summed E-state index contributed by atoms with van der Waals surface area (Å²) in [5.41, 5.74) is -0.966. The van der Waals surface area contributed by atoms with Gasteiger partial charge in [-0.3, -0.25) is 0 Å². The van der Waals surface area contributed by atoms with Gasteiger partial charge in [0.25, 0.3) is 5.54 Å². The van der Waals surface area contributed by atoms with E-state index in [-0.39, 0.29) is 11.0 Å². The lowest BCUT2D eigenvalue weighted by Gasteiger charge is -2.09. The van der Waals surface area contributed by atoms with E-state index in [2.05, 4.69) is 0 Å². The predicted octanol–water partition coefficient (Wildman–Crippen LogP) is 0.112. The number of hydrogen-bond acceptors (Lipinski definition) is 2. The molecular weight excluding hydrogens is 162 g/mol. The maximum absolute atomic E-state index is 10.8. The van der Waals surface area contributed by atoms with Gasteiger partial charge in [-0.05, 0) is 0 Å². The van der Waals surface area contributed by atoms with E-state index in [4.69, 9.17) is 10.2 Å². The van der Waals surface area contributed by atoms with Crippen molar-refractivity contribution in [2.24, 2.45) is 0 Å². The Kier molecular flexibility index (Phi) is 1.13. The minimum atomic E-state index is -0.991. The Hall–Kier alpha value is -1.10. The fourth-order valence-corrected chi connectivity index (χ4v) is 2.34. The van der Waals surface area contributed by atoms with Crippen LogP contribution in [-0.2, 0) is 4.79 Å². The lowest BCUT2D eigenvalue weighted by atomic mass is 10.1. The molecule has 2 N–H and O–H groups in total. The number of amides is 1. The first-order valence-electron chi connectivity index (χ1n) is 3.89. The highest BCUT2D eigenvalue weighted by Gasteiger charge is 2.82. The Balaban J connectivity index is 2.34. The second-order valence-corrected chi connectivity index (χ2v) is 3.57. The summed E-state index contributed by atoms with van der Waals surface area (Å²) in [6.45, 7) is 0.749. The van der Waals surface area contributed by atoms with Gasteiger partial charge in [0.2, 0.25) is 0 Å². The highest BCUT2D eigenvalue weighted by Crippen LogP contribution is 2.52. The molecule has 2 saturated heterocycles. The van der Waals surface area contributed by atoms with E-state index >= 15 is 0 Å². The smallest absolute Gasteiger partial charge is 0.476 e. The SMILES string of the molecule is O=C(O)C12CCC[N+]1(C(=O)O)C2. The molecule has 0 saturated carbocycles. The molecule has 2 aliphatic heterocycles. The molecule has 0 radical (unpaired) electrons. The number of carboxylic acid groups (broad SMARTS) is 2. The number of rotatable bonds is 1. The molecule has 66 valence electrons. The van der Waals surface area contributed by atoms with Crippen molar-refractivity contribution in [2.45, 2.75) is 18.4 Å². The van der Waals surface area contributed by atoms with Crippen LogP contribution in [0.2, 0.25) is 0 Å². The number of quaternary nitrogens is 1. The van der Waals surface area contributed by atoms with Crippen LogP contribution in [0.1, 0.15) is 12.8 Å². The molecule has 2 rings (SSSR count). The van der Waals surface area contributed by atoms with Gasteiger partial charge < -0.3 is 10.2 Å². The molecule has 5 heteroatoms. The third-order valence-corrected chi connectivity index (χ3v) is 3.14. The highest BCUT2D eigenvalue weighted by atomic mass is 16.4. The number of fused-ring (bicyclic) bond motifs is 1. The molecule has 0 spiro atoms. The number of aliphatic carboxylic acids is 1. The average molecular weight is 172 g/mol. The minimum absolute atomic E-state index is 0.234. The summed E-state index contributed by atoms with van der Waals surface area (Å²) < 4.78 is -0.234. The number of hydrogen-bond donors (Lipinski definition) is 2. The Morgan fingerprint density at radius 3 is 2.33 bits per heavy atom. The van der Waals surface area contributed by atoms with Crippen LogP contribution in [0.4, 0.5) is 4.79 Å². The largest absolute Gasteiger partial charge is 0.514 e. The van der Waals surface area contributed by atoms with Gasteiger partial charge in [-0.2, -0.15) is 9.28 Å². The van der Waals surface area contributed by atoms with E-state index in [1.165, 1.54) is 0 Å². The third-order valence-electron chi connectivity index (χ3n) is 3.14. The van der Waals surface area contributed by atoms with Gasteiger partial charge >= 0.3 is 12.1 Å². The zero-order valence-electron chi connectivity index (χ0n) is 6.49. The number of carbonyl (C=O) groups is 2. The van der Waals surface area contributed by atoms with Gasteiger partial charge in [-0.1, -0.05) is 0 Å². The van der Waals surface area contributed by atoms with Crippen molar-refractivity contribution >= 4 is 12.1 Å². The van der Waals surface area contributed by atoms with E-state index in [0.29, 0.717) is 19.4 Å². The molecule has 2 atom stereocenters. The van der Waals surface area contributed by atoms with E-state index in [1.54, 1.807) is 0 Å². The predicted molar refractivity (Wildman–Crippen MR) is 37.6 cm³/mol. The van der Waals surface area contributed by atoms with Crippen molar-refractivity contribution in [1.82, 2.24) is 0 Å². The molecule has 2 heterocycles. The molecule has 2 fully saturated rings. The van der Waals surface area contributed by atoms with Crippen molar-refractivity contribution in [3.63, 3.8) is 0 Å². The third kappa shape index (κ3) is 0.546. The number of nitrogens with zero attached hydrogens (tertiary/aromatic N) is 1. The van der Waals surface area contributed by atoms with E-state index in [9.17, 15) is 9.59 Å². The van der Waals surface area contributed by atoms with Crippen LogP contribution in [0.25, 0.3) is 0 Å². The Bertz CT molecular complexity index is 251. The average Bonchev–Trinajstić information content (AvgIpc) is 2.52. The summed E-state index contributed by atoms with van der Waals surface area (Å²) in [7, 11) is 0. The van der Waals surface area contributed by atoms with Crippen LogP contribution >= 0.6 is 0 Å². The quantitative estimate of drug-likeness (QED) is 0.435. The van der Waals surface area contributed by atoms with Crippen molar-refractivity contribution in [3.05, 3.63) is 0 Å². The fraction of sp³-hybridized carbons (Fsp3) is 0.714.